The lowest BCUT2D eigenvalue weighted by atomic mass is 9.77. The first-order valence-electron chi connectivity index (χ1n) is 6.64. The molecule has 100 valence electrons. The number of amides is 1. The largest absolute Gasteiger partial charge is 0.396 e. The molecule has 0 spiro atoms. The van der Waals surface area contributed by atoms with E-state index in [1.54, 1.807) is 0 Å². The Balaban J connectivity index is 2.34. The van der Waals surface area contributed by atoms with E-state index in [1.165, 1.54) is 0 Å². The molecule has 0 radical (unpaired) electrons. The van der Waals surface area contributed by atoms with E-state index in [4.69, 9.17) is 0 Å². The number of nitrogens with one attached hydrogen (secondary N) is 1. The Kier molecular flexibility index (Phi) is 5.40. The van der Waals surface area contributed by atoms with Crippen LogP contribution in [0, 0.1) is 5.41 Å². The fourth-order valence-corrected chi connectivity index (χ4v) is 2.38. The molecule has 0 unspecified atom stereocenters. The Hall–Kier alpha value is -0.610. The normalized spacial score (nSPS) is 20.5. The fraction of sp³-hybridized carbons (Fsp3) is 0.923. The van der Waals surface area contributed by atoms with Gasteiger partial charge in [-0.2, -0.15) is 0 Å². The van der Waals surface area contributed by atoms with E-state index in [2.05, 4.69) is 17.1 Å². The molecule has 4 nitrogen and oxygen atoms in total. The van der Waals surface area contributed by atoms with Gasteiger partial charge >= 0.3 is 0 Å². The van der Waals surface area contributed by atoms with E-state index in [1.807, 2.05) is 13.8 Å². The van der Waals surface area contributed by atoms with Gasteiger partial charge in [0.1, 0.15) is 0 Å². The summed E-state index contributed by atoms with van der Waals surface area (Å²) in [6.45, 7) is 8.68. The highest BCUT2D eigenvalue weighted by Gasteiger charge is 2.32. The molecule has 17 heavy (non-hydrogen) atoms. The predicted octanol–water partition coefficient (Wildman–Crippen LogP) is 0.995. The summed E-state index contributed by atoms with van der Waals surface area (Å²) in [6, 6.07) is 0.208. The van der Waals surface area contributed by atoms with Crippen molar-refractivity contribution in [2.45, 2.75) is 46.1 Å². The molecule has 0 saturated carbocycles. The van der Waals surface area contributed by atoms with Crippen LogP contribution in [-0.2, 0) is 4.79 Å². The predicted molar refractivity (Wildman–Crippen MR) is 68.8 cm³/mol. The van der Waals surface area contributed by atoms with Crippen LogP contribution in [-0.4, -0.2) is 48.2 Å². The molecule has 0 aromatic carbocycles. The van der Waals surface area contributed by atoms with E-state index in [9.17, 15) is 9.90 Å². The molecule has 0 aliphatic carbocycles. The smallest absolute Gasteiger partial charge is 0.234 e. The third kappa shape index (κ3) is 4.28. The first kappa shape index (κ1) is 14.5. The molecule has 0 atom stereocenters. The summed E-state index contributed by atoms with van der Waals surface area (Å²) in [6.07, 6.45) is 3.01. The van der Waals surface area contributed by atoms with Gasteiger partial charge < -0.3 is 10.4 Å². The summed E-state index contributed by atoms with van der Waals surface area (Å²) in [5, 5.41) is 12.3. The van der Waals surface area contributed by atoms with Crippen LogP contribution in [0.1, 0.15) is 40.0 Å². The van der Waals surface area contributed by atoms with Gasteiger partial charge in [0, 0.05) is 12.6 Å². The van der Waals surface area contributed by atoms with Crippen molar-refractivity contribution < 1.29 is 9.90 Å². The molecule has 0 aromatic heterocycles. The van der Waals surface area contributed by atoms with Crippen LogP contribution in [0.4, 0.5) is 0 Å². The molecular weight excluding hydrogens is 216 g/mol. The summed E-state index contributed by atoms with van der Waals surface area (Å²) in [5.74, 6) is 0.105. The van der Waals surface area contributed by atoms with Gasteiger partial charge in [0.25, 0.3) is 0 Å². The van der Waals surface area contributed by atoms with Gasteiger partial charge in [-0.3, -0.25) is 9.69 Å². The Labute approximate surface area is 104 Å². The quantitative estimate of drug-likeness (QED) is 0.756. The Morgan fingerprint density at radius 1 is 1.41 bits per heavy atom. The van der Waals surface area contributed by atoms with Gasteiger partial charge in [-0.1, -0.05) is 6.92 Å². The molecular formula is C13H26N2O2. The molecule has 1 fully saturated rings. The van der Waals surface area contributed by atoms with E-state index >= 15 is 0 Å². The van der Waals surface area contributed by atoms with Crippen molar-refractivity contribution in [1.82, 2.24) is 10.2 Å². The van der Waals surface area contributed by atoms with Crippen LogP contribution >= 0.6 is 0 Å². The van der Waals surface area contributed by atoms with Crippen LogP contribution < -0.4 is 5.32 Å². The molecule has 1 aliphatic heterocycles. The van der Waals surface area contributed by atoms with Crippen molar-refractivity contribution in [3.05, 3.63) is 0 Å². The third-order valence-corrected chi connectivity index (χ3v) is 3.82. The Morgan fingerprint density at radius 3 is 2.41 bits per heavy atom. The molecule has 0 aromatic rings. The molecule has 4 heteroatoms. The molecule has 0 bridgehead atoms. The van der Waals surface area contributed by atoms with Crippen molar-refractivity contribution >= 4 is 5.91 Å². The Morgan fingerprint density at radius 2 is 2.00 bits per heavy atom. The molecule has 1 aliphatic rings. The zero-order valence-corrected chi connectivity index (χ0v) is 11.3. The number of hydrogen-bond acceptors (Lipinski definition) is 3. The van der Waals surface area contributed by atoms with E-state index in [-0.39, 0.29) is 24.0 Å². The van der Waals surface area contributed by atoms with Crippen LogP contribution in [0.3, 0.4) is 0 Å². The standard InChI is InChI=1S/C13H26N2O2/c1-4-13(10-16)5-7-15(8-6-13)9-12(17)14-11(2)3/h11,16H,4-10H2,1-3H3,(H,14,17). The zero-order valence-electron chi connectivity index (χ0n) is 11.3. The first-order valence-corrected chi connectivity index (χ1v) is 6.64. The lowest BCUT2D eigenvalue weighted by Gasteiger charge is -2.40. The van der Waals surface area contributed by atoms with Gasteiger partial charge in [-0.25, -0.2) is 0 Å². The summed E-state index contributed by atoms with van der Waals surface area (Å²) < 4.78 is 0. The molecule has 1 saturated heterocycles. The molecule has 1 heterocycles. The number of likely N-dealkylation sites (tertiary alicyclic amines) is 1. The van der Waals surface area contributed by atoms with Gasteiger partial charge in [-0.05, 0) is 51.6 Å². The minimum absolute atomic E-state index is 0.102. The van der Waals surface area contributed by atoms with E-state index < -0.39 is 0 Å². The minimum atomic E-state index is 0.102. The van der Waals surface area contributed by atoms with E-state index in [0.29, 0.717) is 6.54 Å². The van der Waals surface area contributed by atoms with Crippen LogP contribution in [0.2, 0.25) is 0 Å². The van der Waals surface area contributed by atoms with Crippen molar-refractivity contribution in [3.63, 3.8) is 0 Å². The maximum Gasteiger partial charge on any atom is 0.234 e. The summed E-state index contributed by atoms with van der Waals surface area (Å²) >= 11 is 0. The second kappa shape index (κ2) is 6.36. The maximum atomic E-state index is 11.6. The van der Waals surface area contributed by atoms with Crippen molar-refractivity contribution in [3.8, 4) is 0 Å². The van der Waals surface area contributed by atoms with Crippen LogP contribution in [0.25, 0.3) is 0 Å². The van der Waals surface area contributed by atoms with Crippen molar-refractivity contribution in [2.24, 2.45) is 5.41 Å². The maximum absolute atomic E-state index is 11.6. The highest BCUT2D eigenvalue weighted by atomic mass is 16.3. The SMILES string of the molecule is CCC1(CO)CCN(CC(=O)NC(C)C)CC1. The average molecular weight is 242 g/mol. The number of hydrogen-bond donors (Lipinski definition) is 2. The number of carbonyl (C=O) groups is 1. The highest BCUT2D eigenvalue weighted by Crippen LogP contribution is 2.33. The second-order valence-electron chi connectivity index (χ2n) is 5.51. The summed E-state index contributed by atoms with van der Waals surface area (Å²) in [7, 11) is 0. The fourth-order valence-electron chi connectivity index (χ4n) is 2.38. The Bertz CT molecular complexity index is 240. The summed E-state index contributed by atoms with van der Waals surface area (Å²) in [4.78, 5) is 13.8. The number of nitrogens with zero attached hydrogens (tertiary/aromatic N) is 1. The third-order valence-electron chi connectivity index (χ3n) is 3.82. The van der Waals surface area contributed by atoms with E-state index in [0.717, 1.165) is 32.4 Å². The number of aliphatic hydroxyl groups excluding tert-OH is 1. The molecule has 1 amide bonds. The number of carbonyl (C=O) groups excluding carboxylic acids is 1. The molecule has 1 rings (SSSR count). The van der Waals surface area contributed by atoms with Gasteiger partial charge in [0.2, 0.25) is 5.91 Å². The summed E-state index contributed by atoms with van der Waals surface area (Å²) in [5.41, 5.74) is 0.102. The van der Waals surface area contributed by atoms with Crippen molar-refractivity contribution in [1.29, 1.82) is 0 Å². The van der Waals surface area contributed by atoms with Crippen LogP contribution in [0.15, 0.2) is 0 Å². The van der Waals surface area contributed by atoms with Gasteiger partial charge in [0.15, 0.2) is 0 Å². The number of piperidine rings is 1. The number of aliphatic hydroxyl groups is 1. The van der Waals surface area contributed by atoms with Crippen molar-refractivity contribution in [2.75, 3.05) is 26.2 Å². The van der Waals surface area contributed by atoms with Gasteiger partial charge in [0.05, 0.1) is 6.54 Å². The zero-order chi connectivity index (χ0) is 12.9. The lowest BCUT2D eigenvalue weighted by Crippen LogP contribution is -2.46. The topological polar surface area (TPSA) is 52.6 Å². The monoisotopic (exact) mass is 242 g/mol. The average Bonchev–Trinajstić information content (AvgIpc) is 2.29. The van der Waals surface area contributed by atoms with Crippen LogP contribution in [0.5, 0.6) is 0 Å². The first-order chi connectivity index (χ1) is 8.01. The second-order valence-corrected chi connectivity index (χ2v) is 5.51. The lowest BCUT2D eigenvalue weighted by molar-refractivity contribution is -0.123. The highest BCUT2D eigenvalue weighted by molar-refractivity contribution is 5.78. The van der Waals surface area contributed by atoms with Gasteiger partial charge in [-0.15, -0.1) is 0 Å². The molecule has 2 N–H and O–H groups in total. The number of rotatable bonds is 5. The minimum Gasteiger partial charge on any atom is -0.396 e.